The van der Waals surface area contributed by atoms with Gasteiger partial charge in [-0.2, -0.15) is 0 Å². The number of carbonyl (C=O) groups excluding carboxylic acids is 2. The number of aryl methyl sites for hydroxylation is 1. The van der Waals surface area contributed by atoms with Gasteiger partial charge in [0.1, 0.15) is 0 Å². The summed E-state index contributed by atoms with van der Waals surface area (Å²) in [7, 11) is 0. The number of nitrogens with zero attached hydrogens (tertiary/aromatic N) is 2. The minimum absolute atomic E-state index is 0.160. The summed E-state index contributed by atoms with van der Waals surface area (Å²) in [6.45, 7) is 2.00. The van der Waals surface area contributed by atoms with Crippen LogP contribution in [-0.2, 0) is 0 Å². The maximum Gasteiger partial charge on any atom is 0.292 e. The number of hydrogen-bond acceptors (Lipinski definition) is 3. The van der Waals surface area contributed by atoms with Gasteiger partial charge in [-0.15, -0.1) is 0 Å². The van der Waals surface area contributed by atoms with Crippen molar-refractivity contribution in [1.29, 1.82) is 0 Å². The van der Waals surface area contributed by atoms with Crippen LogP contribution >= 0.6 is 11.6 Å². The van der Waals surface area contributed by atoms with E-state index in [-0.39, 0.29) is 23.7 Å². The van der Waals surface area contributed by atoms with Gasteiger partial charge in [0.2, 0.25) is 5.82 Å². The van der Waals surface area contributed by atoms with Crippen LogP contribution in [0.4, 0.5) is 5.69 Å². The van der Waals surface area contributed by atoms with E-state index in [0.717, 1.165) is 22.2 Å². The number of aromatic nitrogens is 2. The lowest BCUT2D eigenvalue weighted by atomic mass is 9.93. The first kappa shape index (κ1) is 18.4. The van der Waals surface area contributed by atoms with E-state index in [1.807, 2.05) is 31.2 Å². The van der Waals surface area contributed by atoms with Crippen LogP contribution in [0.25, 0.3) is 5.52 Å². The topological polar surface area (TPSA) is 75.5 Å². The Morgan fingerprint density at radius 1 is 1.13 bits per heavy atom. The number of benzene rings is 2. The van der Waals surface area contributed by atoms with Gasteiger partial charge in [-0.1, -0.05) is 41.9 Å². The second-order valence-corrected chi connectivity index (χ2v) is 7.64. The average molecular weight is 417 g/mol. The number of anilines is 1. The maximum atomic E-state index is 13.0. The fraction of sp³-hybridized carbons (Fsp3) is 0.0870. The Bertz CT molecular complexity index is 1330. The summed E-state index contributed by atoms with van der Waals surface area (Å²) < 4.78 is 1.64. The number of halogens is 1. The fourth-order valence-electron chi connectivity index (χ4n) is 3.92. The number of imidazole rings is 1. The molecule has 0 radical (unpaired) electrons. The molecule has 5 rings (SSSR count). The Balaban J connectivity index is 1.57. The van der Waals surface area contributed by atoms with E-state index < -0.39 is 0 Å². The normalized spacial score (nSPS) is 15.1. The highest BCUT2D eigenvalue weighted by atomic mass is 35.5. The van der Waals surface area contributed by atoms with Crippen molar-refractivity contribution in [2.24, 2.45) is 0 Å². The molecule has 1 aliphatic rings. The zero-order chi connectivity index (χ0) is 20.8. The summed E-state index contributed by atoms with van der Waals surface area (Å²) in [5.74, 6) is -0.323. The number of carbonyl (C=O) groups is 2. The minimum Gasteiger partial charge on any atom is -0.341 e. The quantitative estimate of drug-likeness (QED) is 0.520. The second kappa shape index (κ2) is 7.00. The molecule has 2 aromatic carbocycles. The molecule has 1 aliphatic heterocycles. The molecule has 0 bridgehead atoms. The second-order valence-electron chi connectivity index (χ2n) is 7.21. The summed E-state index contributed by atoms with van der Waals surface area (Å²) in [5, 5.41) is 6.48. The van der Waals surface area contributed by atoms with Crippen LogP contribution in [0.5, 0.6) is 0 Å². The monoisotopic (exact) mass is 416 g/mol. The lowest BCUT2D eigenvalue weighted by Crippen LogP contribution is -2.21. The molecule has 30 heavy (non-hydrogen) atoms. The summed E-state index contributed by atoms with van der Waals surface area (Å²) in [6.07, 6.45) is 3.26. The molecule has 7 heteroatoms. The van der Waals surface area contributed by atoms with Gasteiger partial charge in [-0.3, -0.25) is 14.0 Å². The molecule has 0 spiro atoms. The first-order chi connectivity index (χ1) is 14.5. The molecule has 4 aromatic rings. The lowest BCUT2D eigenvalue weighted by molar-refractivity contribution is 0.0959. The molecule has 1 atom stereocenters. The number of fused-ring (bicyclic) bond motifs is 2. The molecule has 6 nitrogen and oxygen atoms in total. The standard InChI is InChI=1S/C23H17ClN4O2/c1-13-5-2-3-6-16(13)20-19-17(22(29)27-20)7-4-8-18(19)26-23(30)21-25-11-15-10-9-14(24)12-28(15)21/h2-12,20H,1H3,(H,26,30)(H,27,29). The van der Waals surface area contributed by atoms with E-state index in [4.69, 9.17) is 11.6 Å². The summed E-state index contributed by atoms with van der Waals surface area (Å²) in [6, 6.07) is 16.4. The van der Waals surface area contributed by atoms with E-state index in [1.165, 1.54) is 0 Å². The van der Waals surface area contributed by atoms with E-state index in [2.05, 4.69) is 15.6 Å². The van der Waals surface area contributed by atoms with Gasteiger partial charge in [-0.05, 0) is 42.3 Å². The molecule has 2 aromatic heterocycles. The van der Waals surface area contributed by atoms with Crippen molar-refractivity contribution in [1.82, 2.24) is 14.7 Å². The molecule has 3 heterocycles. The van der Waals surface area contributed by atoms with Gasteiger partial charge in [0.05, 0.1) is 22.8 Å². The highest BCUT2D eigenvalue weighted by Crippen LogP contribution is 2.37. The fourth-order valence-corrected chi connectivity index (χ4v) is 4.08. The largest absolute Gasteiger partial charge is 0.341 e. The number of pyridine rings is 1. The highest BCUT2D eigenvalue weighted by molar-refractivity contribution is 6.30. The molecule has 0 saturated heterocycles. The van der Waals surface area contributed by atoms with Gasteiger partial charge >= 0.3 is 0 Å². The van der Waals surface area contributed by atoms with Crippen molar-refractivity contribution in [3.05, 3.63) is 100 Å². The van der Waals surface area contributed by atoms with Crippen molar-refractivity contribution in [2.45, 2.75) is 13.0 Å². The Labute approximate surface area is 177 Å². The highest BCUT2D eigenvalue weighted by Gasteiger charge is 2.33. The summed E-state index contributed by atoms with van der Waals surface area (Å²) in [4.78, 5) is 29.9. The predicted molar refractivity (Wildman–Crippen MR) is 115 cm³/mol. The molecular weight excluding hydrogens is 400 g/mol. The Kier molecular flexibility index (Phi) is 4.29. The molecule has 2 amide bonds. The third-order valence-corrected chi connectivity index (χ3v) is 5.58. The van der Waals surface area contributed by atoms with Crippen LogP contribution in [0.2, 0.25) is 5.02 Å². The van der Waals surface area contributed by atoms with Gasteiger partial charge in [0.15, 0.2) is 0 Å². The molecular formula is C23H17ClN4O2. The number of nitrogens with one attached hydrogen (secondary N) is 2. The van der Waals surface area contributed by atoms with Crippen LogP contribution in [-0.4, -0.2) is 21.2 Å². The lowest BCUT2D eigenvalue weighted by Gasteiger charge is -2.18. The molecule has 0 aliphatic carbocycles. The number of amides is 2. The minimum atomic E-state index is -0.381. The van der Waals surface area contributed by atoms with Crippen LogP contribution in [0, 0.1) is 6.92 Å². The zero-order valence-corrected chi connectivity index (χ0v) is 16.8. The Hall–Kier alpha value is -3.64. The van der Waals surface area contributed by atoms with Crippen LogP contribution in [0.15, 0.2) is 67.0 Å². The van der Waals surface area contributed by atoms with E-state index >= 15 is 0 Å². The van der Waals surface area contributed by atoms with Crippen molar-refractivity contribution in [2.75, 3.05) is 5.32 Å². The van der Waals surface area contributed by atoms with Gasteiger partial charge in [0, 0.05) is 23.0 Å². The summed E-state index contributed by atoms with van der Waals surface area (Å²) in [5.41, 5.74) is 4.69. The van der Waals surface area contributed by atoms with Gasteiger partial charge < -0.3 is 10.6 Å². The maximum absolute atomic E-state index is 13.0. The number of hydrogen-bond donors (Lipinski definition) is 2. The first-order valence-corrected chi connectivity index (χ1v) is 9.84. The van der Waals surface area contributed by atoms with Crippen molar-refractivity contribution in [3.8, 4) is 0 Å². The van der Waals surface area contributed by atoms with Gasteiger partial charge in [-0.25, -0.2) is 4.98 Å². The molecule has 0 saturated carbocycles. The Morgan fingerprint density at radius 3 is 2.80 bits per heavy atom. The third kappa shape index (κ3) is 2.93. The predicted octanol–water partition coefficient (Wildman–Crippen LogP) is 4.38. The van der Waals surface area contributed by atoms with E-state index in [1.54, 1.807) is 47.1 Å². The van der Waals surface area contributed by atoms with Crippen LogP contribution in [0.3, 0.4) is 0 Å². The third-order valence-electron chi connectivity index (χ3n) is 5.36. The summed E-state index contributed by atoms with van der Waals surface area (Å²) >= 11 is 6.08. The first-order valence-electron chi connectivity index (χ1n) is 9.46. The SMILES string of the molecule is Cc1ccccc1C1NC(=O)c2cccc(NC(=O)c3ncc4ccc(Cl)cn34)c21. The molecule has 0 fully saturated rings. The van der Waals surface area contributed by atoms with Crippen LogP contribution < -0.4 is 10.6 Å². The molecule has 2 N–H and O–H groups in total. The number of rotatable bonds is 3. The average Bonchev–Trinajstić information content (AvgIpc) is 3.30. The van der Waals surface area contributed by atoms with Crippen molar-refractivity contribution in [3.63, 3.8) is 0 Å². The smallest absolute Gasteiger partial charge is 0.292 e. The Morgan fingerprint density at radius 2 is 1.97 bits per heavy atom. The van der Waals surface area contributed by atoms with E-state index in [9.17, 15) is 9.59 Å². The zero-order valence-electron chi connectivity index (χ0n) is 16.0. The van der Waals surface area contributed by atoms with Crippen molar-refractivity contribution >= 4 is 34.6 Å². The molecule has 1 unspecified atom stereocenters. The van der Waals surface area contributed by atoms with Crippen LogP contribution in [0.1, 0.15) is 43.7 Å². The van der Waals surface area contributed by atoms with Gasteiger partial charge in [0.25, 0.3) is 11.8 Å². The van der Waals surface area contributed by atoms with E-state index in [0.29, 0.717) is 16.3 Å². The molecule has 148 valence electrons. The van der Waals surface area contributed by atoms with Crippen molar-refractivity contribution < 1.29 is 9.59 Å².